The second-order valence-electron chi connectivity index (χ2n) is 35.4. The maximum atomic E-state index is 17.2. The number of aromatic hydroxyl groups is 1. The number of phenols is 1. The van der Waals surface area contributed by atoms with Gasteiger partial charge in [0.2, 0.25) is 5.79 Å². The standard InChI is InChI=1S/C82H98N2O13S2/c85-39-48-10-5-8-46(26-48)28-50-32-63(89)81-64-18-22-77(94)21-2-1-11-52(77)15-16-56(50)67(81)68(90)57-13-7-14-62(66(57)70(81)91)96-80-23-17-60-58-31-51-30-53-37-74(41-73(36-54(74)40-86)24-25-76(42-73)35-49(34-75(76)19-3-4-20-75)27-47-9-6-12-55(88)29-47)43-78(53,61-33-65(83-38-59(51)61)84-45-98-99-64)69(58)82(95,72(80)93)71(92)79(60,44-87)97-80/h5-10,12-14,26,29,32-33,40,49,51-54,58,60,64,67,69,71-72,83-85,87-89,92-95H,1-4,11,15-25,27-28,30-31,34-39,41-45H2. The number of ether oxygens (including phenoxy) is 2. The van der Waals surface area contributed by atoms with E-state index in [-0.39, 0.29) is 93.7 Å². The van der Waals surface area contributed by atoms with E-state index in [0.29, 0.717) is 75.5 Å². The van der Waals surface area contributed by atoms with Crippen LogP contribution in [-0.4, -0.2) is 118 Å². The number of allylic oxidation sites excluding steroid dienone is 6. The van der Waals surface area contributed by atoms with Crippen LogP contribution in [0, 0.1) is 85.8 Å². The summed E-state index contributed by atoms with van der Waals surface area (Å²) in [5.41, 5.74) is -1.47. The van der Waals surface area contributed by atoms with Gasteiger partial charge in [-0.2, -0.15) is 0 Å². The molecule has 526 valence electrons. The lowest BCUT2D eigenvalue weighted by Gasteiger charge is -2.72. The molecule has 3 aromatic rings. The molecule has 0 aromatic heterocycles. The molecule has 0 amide bonds. The minimum atomic E-state index is -2.39. The number of aliphatic hydroxyl groups excluding tert-OH is 5. The third-order valence-corrected chi connectivity index (χ3v) is 34.1. The van der Waals surface area contributed by atoms with Gasteiger partial charge in [0.25, 0.3) is 0 Å². The minimum absolute atomic E-state index is 0.0213. The summed E-state index contributed by atoms with van der Waals surface area (Å²) in [7, 11) is 2.99. The lowest BCUT2D eigenvalue weighted by atomic mass is 9.42. The number of carbonyl (C=O) groups is 3. The van der Waals surface area contributed by atoms with E-state index in [0.717, 1.165) is 111 Å². The average molecular weight is 1380 g/mol. The molecule has 17 aliphatic rings. The fourth-order valence-electron chi connectivity index (χ4n) is 28.2. The van der Waals surface area contributed by atoms with Crippen molar-refractivity contribution < 1.29 is 64.7 Å². The second-order valence-corrected chi connectivity index (χ2v) is 38.0. The van der Waals surface area contributed by atoms with E-state index >= 15 is 9.59 Å². The van der Waals surface area contributed by atoms with Crippen LogP contribution >= 0.6 is 21.6 Å². The van der Waals surface area contributed by atoms with E-state index in [1.54, 1.807) is 30.3 Å². The summed E-state index contributed by atoms with van der Waals surface area (Å²) in [5, 5.41) is 109. The second kappa shape index (κ2) is 22.5. The van der Waals surface area contributed by atoms with Gasteiger partial charge in [-0.1, -0.05) is 101 Å². The Balaban J connectivity index is 0.752. The molecule has 11 fully saturated rings. The summed E-state index contributed by atoms with van der Waals surface area (Å²) in [5.74, 6) is -4.52. The van der Waals surface area contributed by atoms with Crippen molar-refractivity contribution in [2.45, 2.75) is 220 Å². The molecule has 9 saturated carbocycles. The fourth-order valence-corrected chi connectivity index (χ4v) is 31.0. The molecule has 11 bridgehead atoms. The third-order valence-electron chi connectivity index (χ3n) is 31.4. The lowest BCUT2D eigenvalue weighted by Crippen LogP contribution is -2.88. The molecule has 99 heavy (non-hydrogen) atoms. The molecule has 4 heterocycles. The van der Waals surface area contributed by atoms with Crippen molar-refractivity contribution in [1.82, 2.24) is 10.6 Å². The number of Topliss-reactive ketones (excluding diaryl/α,β-unsaturated/α-hetero) is 2. The van der Waals surface area contributed by atoms with E-state index in [9.17, 15) is 45.6 Å². The zero-order valence-corrected chi connectivity index (χ0v) is 58.5. The van der Waals surface area contributed by atoms with Crippen molar-refractivity contribution in [3.63, 3.8) is 0 Å². The van der Waals surface area contributed by atoms with E-state index < -0.39 is 86.4 Å². The van der Waals surface area contributed by atoms with Gasteiger partial charge < -0.3 is 65.8 Å². The Kier molecular flexibility index (Phi) is 14.8. The van der Waals surface area contributed by atoms with Crippen molar-refractivity contribution in [3.8, 4) is 11.5 Å². The molecule has 0 radical (unpaired) electrons. The Morgan fingerprint density at radius 3 is 2.36 bits per heavy atom. The number of benzene rings is 3. The molecule has 20 rings (SSSR count). The number of hydrogen-bond acceptors (Lipinski definition) is 17. The molecule has 2 saturated heterocycles. The van der Waals surface area contributed by atoms with Crippen LogP contribution in [-0.2, 0) is 29.0 Å². The predicted octanol–water partition coefficient (Wildman–Crippen LogP) is 12.1. The highest BCUT2D eigenvalue weighted by Gasteiger charge is 2.85. The lowest BCUT2D eigenvalue weighted by molar-refractivity contribution is -0.461. The SMILES string of the molecule is O=CC1CC2(CCC3(CC(Cc4cccc(O)c4)CC34CCCC4)C2)CC12CC1CC3CC4C5CCC67Oc8cccc9c8C(=O)C8%10C(O)=CC(Cc%11cccc(CO)c%11)=C(CCC%11CCCCC%11(O)CCC8SSCNC8=CC(=C3CN8)C1(C2)C4C(O)(C6O)C(O)C5(CO)O7)C%10C9=O. The van der Waals surface area contributed by atoms with Crippen LogP contribution in [0.25, 0.3) is 0 Å². The van der Waals surface area contributed by atoms with Gasteiger partial charge in [-0.25, -0.2) is 0 Å². The Bertz CT molecular complexity index is 4050. The smallest absolute Gasteiger partial charge is 0.240 e. The predicted molar refractivity (Wildman–Crippen MR) is 374 cm³/mol. The summed E-state index contributed by atoms with van der Waals surface area (Å²) in [4.78, 5) is 48.3. The van der Waals surface area contributed by atoms with Gasteiger partial charge in [-0.05, 0) is 262 Å². The summed E-state index contributed by atoms with van der Waals surface area (Å²) >= 11 is 0. The summed E-state index contributed by atoms with van der Waals surface area (Å²) < 4.78 is 14.7. The highest BCUT2D eigenvalue weighted by molar-refractivity contribution is 8.76. The zero-order valence-electron chi connectivity index (χ0n) is 56.9. The Hall–Kier alpha value is -4.95. The molecule has 10 N–H and O–H groups in total. The Morgan fingerprint density at radius 2 is 1.54 bits per heavy atom. The number of hydrogen-bond donors (Lipinski definition) is 10. The van der Waals surface area contributed by atoms with Crippen LogP contribution < -0.4 is 15.4 Å². The molecular weight excluding hydrogens is 1290 g/mol. The number of rotatable bonds is 7. The first-order valence-corrected chi connectivity index (χ1v) is 40.4. The minimum Gasteiger partial charge on any atom is -0.511 e. The van der Waals surface area contributed by atoms with E-state index in [4.69, 9.17) is 9.47 Å². The highest BCUT2D eigenvalue weighted by Crippen LogP contribution is 2.83. The largest absolute Gasteiger partial charge is 0.511 e. The van der Waals surface area contributed by atoms with E-state index in [1.165, 1.54) is 71.1 Å². The van der Waals surface area contributed by atoms with Crippen LogP contribution in [0.1, 0.15) is 198 Å². The number of fused-ring (bicyclic) bond motifs is 2. The van der Waals surface area contributed by atoms with Gasteiger partial charge in [0.05, 0.1) is 42.0 Å². The van der Waals surface area contributed by atoms with Crippen molar-refractivity contribution in [3.05, 3.63) is 141 Å². The van der Waals surface area contributed by atoms with Gasteiger partial charge in [0.15, 0.2) is 17.7 Å². The van der Waals surface area contributed by atoms with Gasteiger partial charge in [0, 0.05) is 41.0 Å². The summed E-state index contributed by atoms with van der Waals surface area (Å²) in [6, 6.07) is 20.4. The number of carbonyl (C=O) groups excluding carboxylic acids is 3. The molecule has 4 aliphatic heterocycles. The third kappa shape index (κ3) is 8.74. The fraction of sp³-hybridized carbons (Fsp3) is 0.646. The molecule has 3 aromatic carbocycles. The molecule has 7 spiro atoms. The quantitative estimate of drug-likeness (QED) is 0.0779. The van der Waals surface area contributed by atoms with Crippen LogP contribution in [0.2, 0.25) is 0 Å². The Morgan fingerprint density at radius 1 is 0.727 bits per heavy atom. The normalized spacial score (nSPS) is 45.5. The first kappa shape index (κ1) is 64.9. The number of aldehydes is 1. The summed E-state index contributed by atoms with van der Waals surface area (Å²) in [6.07, 6.45) is 23.3. The molecule has 15 nitrogen and oxygen atoms in total. The Labute approximate surface area is 588 Å². The van der Waals surface area contributed by atoms with Gasteiger partial charge in [0.1, 0.15) is 46.3 Å². The molecule has 21 atom stereocenters. The van der Waals surface area contributed by atoms with Crippen molar-refractivity contribution in [2.24, 2.45) is 85.8 Å². The van der Waals surface area contributed by atoms with Crippen molar-refractivity contribution in [2.75, 3.05) is 19.0 Å². The first-order valence-electron chi connectivity index (χ1n) is 38.1. The number of aliphatic hydroxyl groups is 7. The monoisotopic (exact) mass is 1380 g/mol. The van der Waals surface area contributed by atoms with Gasteiger partial charge >= 0.3 is 0 Å². The summed E-state index contributed by atoms with van der Waals surface area (Å²) in [6.45, 7) is -0.327. The van der Waals surface area contributed by atoms with Crippen molar-refractivity contribution >= 4 is 39.4 Å². The van der Waals surface area contributed by atoms with Crippen LogP contribution in [0.5, 0.6) is 11.5 Å². The zero-order chi connectivity index (χ0) is 67.7. The van der Waals surface area contributed by atoms with E-state index in [2.05, 4.69) is 22.8 Å². The topological polar surface area (TPSA) is 256 Å². The highest BCUT2D eigenvalue weighted by atomic mass is 33.1. The van der Waals surface area contributed by atoms with Crippen LogP contribution in [0.3, 0.4) is 0 Å². The maximum Gasteiger partial charge on any atom is 0.240 e. The average Bonchev–Trinajstić information content (AvgIpc) is 1.59. The number of dihydropyridines is 1. The number of nitrogens with one attached hydrogen (secondary N) is 2. The maximum absolute atomic E-state index is 17.2. The van der Waals surface area contributed by atoms with Crippen molar-refractivity contribution in [1.29, 1.82) is 0 Å². The first-order chi connectivity index (χ1) is 47.8. The molecule has 13 aliphatic carbocycles. The number of ketones is 2. The van der Waals surface area contributed by atoms with Gasteiger partial charge in [-0.15, -0.1) is 0 Å². The van der Waals surface area contributed by atoms with Crippen LogP contribution in [0.4, 0.5) is 0 Å². The van der Waals surface area contributed by atoms with E-state index in [1.807, 2.05) is 36.4 Å². The van der Waals surface area contributed by atoms with Gasteiger partial charge in [-0.3, -0.25) is 9.59 Å². The van der Waals surface area contributed by atoms with Crippen LogP contribution in [0.15, 0.2) is 113 Å². The molecular formula is C82H98N2O13S2. The molecule has 17 heteroatoms. The number of phenolic OH excluding ortho intramolecular Hbond substituents is 1. The molecule has 21 unspecified atom stereocenters.